The molecular formula is C18H16F3NO4S. The lowest BCUT2D eigenvalue weighted by Crippen LogP contribution is -2.17. The number of carboxylic acid groups (broad SMARTS) is 1. The third-order valence-corrected chi connectivity index (χ3v) is 4.50. The maximum absolute atomic E-state index is 12.5. The van der Waals surface area contributed by atoms with Crippen molar-refractivity contribution in [2.45, 2.75) is 30.4 Å². The standard InChI is InChI=1S/C18H16F3NO4S/c1-2-16(23)22-13-8-7-11(9-12(13)17(24)25)10-27-15-6-4-3-5-14(15)26-18(19,20)21/h3-9H,2,10H2,1H3,(H,22,23)(H,24,25). The first-order valence-electron chi connectivity index (χ1n) is 7.83. The fourth-order valence-electron chi connectivity index (χ4n) is 2.15. The van der Waals surface area contributed by atoms with Crippen molar-refractivity contribution in [1.29, 1.82) is 0 Å². The van der Waals surface area contributed by atoms with Gasteiger partial charge in [-0.1, -0.05) is 25.1 Å². The molecule has 0 atom stereocenters. The quantitative estimate of drug-likeness (QED) is 0.646. The zero-order chi connectivity index (χ0) is 20.0. The first-order valence-corrected chi connectivity index (χ1v) is 8.82. The number of ether oxygens (including phenoxy) is 1. The number of halogens is 3. The second-order valence-corrected chi connectivity index (χ2v) is 6.39. The van der Waals surface area contributed by atoms with Crippen LogP contribution in [0.15, 0.2) is 47.4 Å². The third kappa shape index (κ3) is 6.21. The van der Waals surface area contributed by atoms with Gasteiger partial charge in [-0.25, -0.2) is 4.79 Å². The van der Waals surface area contributed by atoms with Crippen LogP contribution in [0.5, 0.6) is 5.75 Å². The molecule has 0 fully saturated rings. The topological polar surface area (TPSA) is 75.6 Å². The first kappa shape index (κ1) is 20.6. The number of anilines is 1. The molecule has 5 nitrogen and oxygen atoms in total. The van der Waals surface area contributed by atoms with Gasteiger partial charge in [-0.15, -0.1) is 24.9 Å². The summed E-state index contributed by atoms with van der Waals surface area (Å²) < 4.78 is 41.4. The van der Waals surface area contributed by atoms with Crippen molar-refractivity contribution in [2.75, 3.05) is 5.32 Å². The second-order valence-electron chi connectivity index (χ2n) is 5.37. The summed E-state index contributed by atoms with van der Waals surface area (Å²) in [7, 11) is 0. The zero-order valence-electron chi connectivity index (χ0n) is 14.2. The van der Waals surface area contributed by atoms with E-state index in [4.69, 9.17) is 0 Å². The first-order chi connectivity index (χ1) is 12.7. The molecule has 0 aliphatic heterocycles. The third-order valence-electron chi connectivity index (χ3n) is 3.38. The Morgan fingerprint density at radius 1 is 1.19 bits per heavy atom. The Kier molecular flexibility index (Phi) is 6.73. The van der Waals surface area contributed by atoms with Crippen LogP contribution in [-0.2, 0) is 10.5 Å². The van der Waals surface area contributed by atoms with Crippen LogP contribution < -0.4 is 10.1 Å². The largest absolute Gasteiger partial charge is 0.573 e. The van der Waals surface area contributed by atoms with E-state index in [0.29, 0.717) is 5.56 Å². The van der Waals surface area contributed by atoms with Crippen molar-refractivity contribution in [1.82, 2.24) is 0 Å². The highest BCUT2D eigenvalue weighted by atomic mass is 32.2. The van der Waals surface area contributed by atoms with Gasteiger partial charge in [-0.05, 0) is 29.8 Å². The van der Waals surface area contributed by atoms with Crippen LogP contribution in [0.25, 0.3) is 0 Å². The van der Waals surface area contributed by atoms with Gasteiger partial charge >= 0.3 is 12.3 Å². The van der Waals surface area contributed by atoms with Gasteiger partial charge in [0.1, 0.15) is 5.75 Å². The van der Waals surface area contributed by atoms with Gasteiger partial charge in [-0.3, -0.25) is 4.79 Å². The highest BCUT2D eigenvalue weighted by molar-refractivity contribution is 7.98. The van der Waals surface area contributed by atoms with Crippen LogP contribution in [0.2, 0.25) is 0 Å². The Morgan fingerprint density at radius 3 is 2.52 bits per heavy atom. The Bertz CT molecular complexity index is 840. The van der Waals surface area contributed by atoms with Gasteiger partial charge in [0.15, 0.2) is 0 Å². The van der Waals surface area contributed by atoms with Gasteiger partial charge in [-0.2, -0.15) is 0 Å². The molecule has 27 heavy (non-hydrogen) atoms. The van der Waals surface area contributed by atoms with Crippen molar-refractivity contribution in [3.8, 4) is 5.75 Å². The van der Waals surface area contributed by atoms with Gasteiger partial charge in [0.2, 0.25) is 5.91 Å². The number of hydrogen-bond acceptors (Lipinski definition) is 4. The molecule has 0 aliphatic rings. The average molecular weight is 399 g/mol. The van der Waals surface area contributed by atoms with Gasteiger partial charge in [0.05, 0.1) is 16.1 Å². The molecule has 0 aromatic heterocycles. The van der Waals surface area contributed by atoms with E-state index in [1.807, 2.05) is 0 Å². The number of rotatable bonds is 7. The highest BCUT2D eigenvalue weighted by Crippen LogP contribution is 2.35. The molecule has 9 heteroatoms. The van der Waals surface area contributed by atoms with E-state index in [1.54, 1.807) is 19.1 Å². The molecule has 0 saturated carbocycles. The predicted octanol–water partition coefficient (Wildman–Crippen LogP) is 4.92. The monoisotopic (exact) mass is 399 g/mol. The van der Waals surface area contributed by atoms with Crippen LogP contribution >= 0.6 is 11.8 Å². The normalized spacial score (nSPS) is 11.1. The van der Waals surface area contributed by atoms with Gasteiger partial charge in [0.25, 0.3) is 0 Å². The van der Waals surface area contributed by atoms with E-state index >= 15 is 0 Å². The minimum Gasteiger partial charge on any atom is -0.478 e. The van der Waals surface area contributed by atoms with E-state index in [0.717, 1.165) is 11.8 Å². The number of carboxylic acids is 1. The molecule has 0 heterocycles. The summed E-state index contributed by atoms with van der Waals surface area (Å²) in [6.07, 6.45) is -4.60. The van der Waals surface area contributed by atoms with E-state index in [-0.39, 0.29) is 40.0 Å². The summed E-state index contributed by atoms with van der Waals surface area (Å²) in [6.45, 7) is 1.64. The number of thioether (sulfide) groups is 1. The number of hydrogen-bond donors (Lipinski definition) is 2. The molecule has 2 rings (SSSR count). The van der Waals surface area contributed by atoms with E-state index in [2.05, 4.69) is 10.1 Å². The second kappa shape index (κ2) is 8.81. The number of amides is 1. The van der Waals surface area contributed by atoms with Crippen molar-refractivity contribution in [3.05, 3.63) is 53.6 Å². The summed E-state index contributed by atoms with van der Waals surface area (Å²) in [5.41, 5.74) is 0.660. The van der Waals surface area contributed by atoms with Crippen molar-refractivity contribution in [3.63, 3.8) is 0 Å². The summed E-state index contributed by atoms with van der Waals surface area (Å²) in [6, 6.07) is 10.2. The molecule has 0 radical (unpaired) electrons. The summed E-state index contributed by atoms with van der Waals surface area (Å²) in [5, 5.41) is 11.8. The Balaban J connectivity index is 2.18. The molecule has 0 unspecified atom stereocenters. The van der Waals surface area contributed by atoms with Crippen molar-refractivity contribution in [2.24, 2.45) is 0 Å². The van der Waals surface area contributed by atoms with Crippen molar-refractivity contribution < 1.29 is 32.6 Å². The lowest BCUT2D eigenvalue weighted by molar-refractivity contribution is -0.275. The summed E-state index contributed by atoms with van der Waals surface area (Å²) in [4.78, 5) is 23.2. The number of aromatic carboxylic acids is 1. The molecule has 2 N–H and O–H groups in total. The van der Waals surface area contributed by atoms with Crippen molar-refractivity contribution >= 4 is 29.3 Å². The minimum atomic E-state index is -4.80. The Morgan fingerprint density at radius 2 is 1.89 bits per heavy atom. The number of carbonyl (C=O) groups excluding carboxylic acids is 1. The molecule has 2 aromatic rings. The zero-order valence-corrected chi connectivity index (χ0v) is 15.0. The van der Waals surface area contributed by atoms with Gasteiger partial charge < -0.3 is 15.2 Å². The number of alkyl halides is 3. The number of para-hydroxylation sites is 1. The van der Waals surface area contributed by atoms with E-state index in [1.165, 1.54) is 30.3 Å². The molecule has 0 bridgehead atoms. The van der Waals surface area contributed by atoms with Crippen LogP contribution in [0.1, 0.15) is 29.3 Å². The van der Waals surface area contributed by atoms with Crippen LogP contribution in [0.3, 0.4) is 0 Å². The SMILES string of the molecule is CCC(=O)Nc1ccc(CSc2ccccc2OC(F)(F)F)cc1C(=O)O. The summed E-state index contributed by atoms with van der Waals surface area (Å²) >= 11 is 1.08. The number of benzene rings is 2. The molecule has 144 valence electrons. The molecule has 0 aliphatic carbocycles. The number of carbonyl (C=O) groups is 2. The fraction of sp³-hybridized carbons (Fsp3) is 0.222. The predicted molar refractivity (Wildman–Crippen MR) is 95.0 cm³/mol. The lowest BCUT2D eigenvalue weighted by atomic mass is 10.1. The Hall–Kier alpha value is -2.68. The minimum absolute atomic E-state index is 0.0882. The van der Waals surface area contributed by atoms with E-state index < -0.39 is 12.3 Å². The maximum Gasteiger partial charge on any atom is 0.573 e. The maximum atomic E-state index is 12.5. The van der Waals surface area contributed by atoms with E-state index in [9.17, 15) is 27.9 Å². The molecule has 2 aromatic carbocycles. The van der Waals surface area contributed by atoms with Crippen LogP contribution in [0, 0.1) is 0 Å². The summed E-state index contributed by atoms with van der Waals surface area (Å²) in [5.74, 6) is -1.63. The Labute approximate surface area is 157 Å². The van der Waals surface area contributed by atoms with Gasteiger partial charge in [0, 0.05) is 12.2 Å². The molecule has 0 saturated heterocycles. The molecule has 0 spiro atoms. The van der Waals surface area contributed by atoms with Crippen LogP contribution in [-0.4, -0.2) is 23.3 Å². The molecular weight excluding hydrogens is 383 g/mol. The fourth-order valence-corrected chi connectivity index (χ4v) is 3.07. The van der Waals surface area contributed by atoms with Crippen LogP contribution in [0.4, 0.5) is 18.9 Å². The lowest BCUT2D eigenvalue weighted by Gasteiger charge is -2.13. The number of nitrogens with one attached hydrogen (secondary N) is 1. The average Bonchev–Trinajstić information content (AvgIpc) is 2.60. The smallest absolute Gasteiger partial charge is 0.478 e. The highest BCUT2D eigenvalue weighted by Gasteiger charge is 2.32. The molecule has 1 amide bonds.